The quantitative estimate of drug-likeness (QED) is 0.921. The van der Waals surface area contributed by atoms with E-state index >= 15 is 0 Å². The molecule has 1 aromatic heterocycles. The molecule has 1 aliphatic carbocycles. The SMILES string of the molecule is CC(C)(C)c1ccnc(NS(C)(=O)=O)c1OC1CC1. The van der Waals surface area contributed by atoms with Crippen molar-refractivity contribution in [3.05, 3.63) is 17.8 Å². The van der Waals surface area contributed by atoms with Gasteiger partial charge in [-0.3, -0.25) is 4.72 Å². The maximum atomic E-state index is 11.4. The topological polar surface area (TPSA) is 68.3 Å². The zero-order chi connectivity index (χ0) is 14.3. The van der Waals surface area contributed by atoms with E-state index in [0.29, 0.717) is 5.75 Å². The van der Waals surface area contributed by atoms with Crippen molar-refractivity contribution < 1.29 is 13.2 Å². The molecule has 1 saturated carbocycles. The second-order valence-electron chi connectivity index (χ2n) is 5.98. The number of hydrogen-bond donors (Lipinski definition) is 1. The van der Waals surface area contributed by atoms with Gasteiger partial charge in [-0.05, 0) is 24.3 Å². The number of anilines is 1. The molecule has 1 aromatic rings. The molecule has 0 aromatic carbocycles. The Morgan fingerprint density at radius 3 is 2.47 bits per heavy atom. The fraction of sp³-hybridized carbons (Fsp3) is 0.615. The highest BCUT2D eigenvalue weighted by Gasteiger charge is 2.30. The minimum Gasteiger partial charge on any atom is -0.486 e. The van der Waals surface area contributed by atoms with Crippen LogP contribution in [-0.2, 0) is 15.4 Å². The van der Waals surface area contributed by atoms with Crippen molar-refractivity contribution in [2.75, 3.05) is 11.0 Å². The van der Waals surface area contributed by atoms with Crippen LogP contribution in [0.5, 0.6) is 5.75 Å². The smallest absolute Gasteiger partial charge is 0.231 e. The number of ether oxygens (including phenoxy) is 1. The van der Waals surface area contributed by atoms with Crippen LogP contribution in [0.3, 0.4) is 0 Å². The van der Waals surface area contributed by atoms with Gasteiger partial charge in [0, 0.05) is 11.8 Å². The van der Waals surface area contributed by atoms with E-state index in [9.17, 15) is 8.42 Å². The van der Waals surface area contributed by atoms with Crippen molar-refractivity contribution in [3.8, 4) is 5.75 Å². The molecule has 1 aliphatic rings. The summed E-state index contributed by atoms with van der Waals surface area (Å²) in [5.41, 5.74) is 0.821. The predicted octanol–water partition coefficient (Wildman–Crippen LogP) is 2.29. The van der Waals surface area contributed by atoms with Crippen LogP contribution in [0.2, 0.25) is 0 Å². The first-order valence-corrected chi connectivity index (χ1v) is 8.20. The number of nitrogens with zero attached hydrogens (tertiary/aromatic N) is 1. The molecule has 1 heterocycles. The lowest BCUT2D eigenvalue weighted by Gasteiger charge is -2.24. The Morgan fingerprint density at radius 1 is 1.37 bits per heavy atom. The maximum absolute atomic E-state index is 11.4. The van der Waals surface area contributed by atoms with Crippen LogP contribution in [0, 0.1) is 0 Å². The molecule has 0 amide bonds. The molecule has 5 nitrogen and oxygen atoms in total. The molecule has 2 rings (SSSR count). The Kier molecular flexibility index (Phi) is 3.47. The minimum absolute atomic E-state index is 0.138. The highest BCUT2D eigenvalue weighted by Crippen LogP contribution is 2.39. The van der Waals surface area contributed by atoms with Crippen molar-refractivity contribution in [1.29, 1.82) is 0 Å². The zero-order valence-corrected chi connectivity index (χ0v) is 12.5. The Balaban J connectivity index is 2.46. The van der Waals surface area contributed by atoms with E-state index < -0.39 is 10.0 Å². The third-order valence-electron chi connectivity index (χ3n) is 2.80. The molecule has 0 radical (unpaired) electrons. The van der Waals surface area contributed by atoms with E-state index in [1.807, 2.05) is 6.07 Å². The van der Waals surface area contributed by atoms with E-state index in [0.717, 1.165) is 24.7 Å². The molecule has 1 fully saturated rings. The molecule has 19 heavy (non-hydrogen) atoms. The van der Waals surface area contributed by atoms with Crippen LogP contribution >= 0.6 is 0 Å². The van der Waals surface area contributed by atoms with Crippen LogP contribution in [-0.4, -0.2) is 25.8 Å². The molecular weight excluding hydrogens is 264 g/mol. The van der Waals surface area contributed by atoms with E-state index in [1.165, 1.54) is 0 Å². The zero-order valence-electron chi connectivity index (χ0n) is 11.7. The van der Waals surface area contributed by atoms with Crippen molar-refractivity contribution in [1.82, 2.24) is 4.98 Å². The second-order valence-corrected chi connectivity index (χ2v) is 7.73. The summed E-state index contributed by atoms with van der Waals surface area (Å²) in [5.74, 6) is 0.838. The Bertz CT molecular complexity index is 572. The summed E-state index contributed by atoms with van der Waals surface area (Å²) in [4.78, 5) is 4.10. The van der Waals surface area contributed by atoms with Gasteiger partial charge in [-0.2, -0.15) is 0 Å². The summed E-state index contributed by atoms with van der Waals surface area (Å²) in [6.45, 7) is 6.19. The first-order chi connectivity index (χ1) is 8.67. The number of pyridine rings is 1. The monoisotopic (exact) mass is 284 g/mol. The van der Waals surface area contributed by atoms with Gasteiger partial charge in [0.1, 0.15) is 0 Å². The molecule has 1 N–H and O–H groups in total. The molecular formula is C13H20N2O3S. The minimum atomic E-state index is -3.37. The molecule has 106 valence electrons. The fourth-order valence-corrected chi connectivity index (χ4v) is 2.26. The van der Waals surface area contributed by atoms with Gasteiger partial charge in [0.05, 0.1) is 12.4 Å². The third kappa shape index (κ3) is 3.83. The summed E-state index contributed by atoms with van der Waals surface area (Å²) >= 11 is 0. The van der Waals surface area contributed by atoms with Gasteiger partial charge in [0.25, 0.3) is 0 Å². The fourth-order valence-electron chi connectivity index (χ4n) is 1.76. The molecule has 0 aliphatic heterocycles. The van der Waals surface area contributed by atoms with Crippen molar-refractivity contribution >= 4 is 15.8 Å². The van der Waals surface area contributed by atoms with Crippen LogP contribution in [0.15, 0.2) is 12.3 Å². The van der Waals surface area contributed by atoms with Crippen LogP contribution in [0.25, 0.3) is 0 Å². The van der Waals surface area contributed by atoms with Crippen LogP contribution in [0.4, 0.5) is 5.82 Å². The number of rotatable bonds is 4. The van der Waals surface area contributed by atoms with Crippen LogP contribution < -0.4 is 9.46 Å². The lowest BCUT2D eigenvalue weighted by Crippen LogP contribution is -2.18. The van der Waals surface area contributed by atoms with Crippen LogP contribution in [0.1, 0.15) is 39.2 Å². The molecule has 0 atom stereocenters. The third-order valence-corrected chi connectivity index (χ3v) is 3.37. The van der Waals surface area contributed by atoms with Gasteiger partial charge in [0.15, 0.2) is 11.6 Å². The number of hydrogen-bond acceptors (Lipinski definition) is 4. The predicted molar refractivity (Wildman–Crippen MR) is 75.1 cm³/mol. The Morgan fingerprint density at radius 2 is 2.00 bits per heavy atom. The van der Waals surface area contributed by atoms with Gasteiger partial charge in [-0.25, -0.2) is 13.4 Å². The molecule has 0 saturated heterocycles. The summed E-state index contributed by atoms with van der Waals surface area (Å²) in [6, 6.07) is 1.88. The molecule has 0 spiro atoms. The lowest BCUT2D eigenvalue weighted by molar-refractivity contribution is 0.295. The number of nitrogens with one attached hydrogen (secondary N) is 1. The van der Waals surface area contributed by atoms with E-state index in [-0.39, 0.29) is 17.3 Å². The van der Waals surface area contributed by atoms with Gasteiger partial charge in [0.2, 0.25) is 10.0 Å². The van der Waals surface area contributed by atoms with Crippen molar-refractivity contribution in [2.24, 2.45) is 0 Å². The van der Waals surface area contributed by atoms with Gasteiger partial charge in [-0.1, -0.05) is 20.8 Å². The van der Waals surface area contributed by atoms with Gasteiger partial charge >= 0.3 is 0 Å². The van der Waals surface area contributed by atoms with E-state index in [4.69, 9.17) is 4.74 Å². The first kappa shape index (κ1) is 14.1. The highest BCUT2D eigenvalue weighted by atomic mass is 32.2. The summed E-state index contributed by atoms with van der Waals surface area (Å²) in [7, 11) is -3.37. The average molecular weight is 284 g/mol. The van der Waals surface area contributed by atoms with Crippen molar-refractivity contribution in [2.45, 2.75) is 45.1 Å². The summed E-state index contributed by atoms with van der Waals surface area (Å²) in [6.07, 6.45) is 4.92. The van der Waals surface area contributed by atoms with Crippen molar-refractivity contribution in [3.63, 3.8) is 0 Å². The normalized spacial score (nSPS) is 16.2. The molecule has 0 unspecified atom stereocenters. The number of aromatic nitrogens is 1. The first-order valence-electron chi connectivity index (χ1n) is 6.31. The Hall–Kier alpha value is -1.30. The lowest BCUT2D eigenvalue weighted by atomic mass is 9.87. The molecule has 6 heteroatoms. The highest BCUT2D eigenvalue weighted by molar-refractivity contribution is 7.92. The van der Waals surface area contributed by atoms with E-state index in [2.05, 4.69) is 30.5 Å². The second kappa shape index (κ2) is 4.67. The molecule has 0 bridgehead atoms. The van der Waals surface area contributed by atoms with E-state index in [1.54, 1.807) is 6.20 Å². The van der Waals surface area contributed by atoms with Gasteiger partial charge < -0.3 is 4.74 Å². The standard InChI is InChI=1S/C13H20N2O3S/c1-13(2,3)10-7-8-14-12(15-19(4,16)17)11(10)18-9-5-6-9/h7-9H,5-6H2,1-4H3,(H,14,15). The Labute approximate surface area is 114 Å². The summed E-state index contributed by atoms with van der Waals surface area (Å²) in [5, 5.41) is 0. The van der Waals surface area contributed by atoms with Gasteiger partial charge in [-0.15, -0.1) is 0 Å². The largest absolute Gasteiger partial charge is 0.486 e. The number of sulfonamides is 1. The maximum Gasteiger partial charge on any atom is 0.231 e. The summed E-state index contributed by atoms with van der Waals surface area (Å²) < 4.78 is 31.1. The average Bonchev–Trinajstić information content (AvgIpc) is 3.00.